The lowest BCUT2D eigenvalue weighted by Crippen LogP contribution is -2.13. The third-order valence-corrected chi connectivity index (χ3v) is 5.85. The Morgan fingerprint density at radius 1 is 1.00 bits per heavy atom. The molecular formula is C20H17ClN2O3S. The van der Waals surface area contributed by atoms with Crippen molar-refractivity contribution in [3.63, 3.8) is 0 Å². The van der Waals surface area contributed by atoms with Gasteiger partial charge in [-0.15, -0.1) is 0 Å². The van der Waals surface area contributed by atoms with E-state index in [1.807, 2.05) is 18.2 Å². The molecule has 1 aliphatic rings. The highest BCUT2D eigenvalue weighted by atomic mass is 35.5. The van der Waals surface area contributed by atoms with E-state index in [1.165, 1.54) is 6.07 Å². The summed E-state index contributed by atoms with van der Waals surface area (Å²) >= 11 is 6.07. The van der Waals surface area contributed by atoms with Crippen molar-refractivity contribution >= 4 is 33.0 Å². The number of benzene rings is 3. The first-order valence-corrected chi connectivity index (χ1v) is 10.3. The van der Waals surface area contributed by atoms with Crippen molar-refractivity contribution in [2.75, 3.05) is 16.6 Å². The first kappa shape index (κ1) is 17.7. The minimum absolute atomic E-state index is 0.204. The quantitative estimate of drug-likeness (QED) is 0.639. The van der Waals surface area contributed by atoms with Crippen molar-refractivity contribution < 1.29 is 13.2 Å². The van der Waals surface area contributed by atoms with Gasteiger partial charge in [-0.2, -0.15) is 0 Å². The number of sulfonamides is 1. The summed E-state index contributed by atoms with van der Waals surface area (Å²) < 4.78 is 34.2. The molecule has 3 aromatic rings. The number of fused-ring (bicyclic) bond motifs is 1. The fourth-order valence-electron chi connectivity index (χ4n) is 2.94. The molecule has 0 radical (unpaired) electrons. The van der Waals surface area contributed by atoms with Gasteiger partial charge in [-0.1, -0.05) is 29.8 Å². The average molecular weight is 401 g/mol. The Morgan fingerprint density at radius 2 is 1.81 bits per heavy atom. The van der Waals surface area contributed by atoms with Gasteiger partial charge < -0.3 is 10.1 Å². The molecule has 2 N–H and O–H groups in total. The standard InChI is InChI=1S/C20H17ClN2O3S/c21-15-6-9-20(26-16-4-2-1-3-5-16)19(13-15)23-27(24,25)17-7-8-18-14(12-17)10-11-22-18/h1-9,12-13,22-23H,10-11H2. The Bertz CT molecular complexity index is 1090. The molecule has 0 spiro atoms. The van der Waals surface area contributed by atoms with E-state index in [2.05, 4.69) is 10.0 Å². The number of hydrogen-bond acceptors (Lipinski definition) is 4. The van der Waals surface area contributed by atoms with Gasteiger partial charge in [0.25, 0.3) is 10.0 Å². The topological polar surface area (TPSA) is 67.4 Å². The van der Waals surface area contributed by atoms with Crippen LogP contribution in [-0.2, 0) is 16.4 Å². The van der Waals surface area contributed by atoms with E-state index in [9.17, 15) is 8.42 Å². The molecule has 4 rings (SSSR count). The predicted octanol–water partition coefficient (Wildman–Crippen LogP) is 4.90. The zero-order chi connectivity index (χ0) is 18.9. The minimum atomic E-state index is -3.78. The highest BCUT2D eigenvalue weighted by molar-refractivity contribution is 7.92. The smallest absolute Gasteiger partial charge is 0.262 e. The first-order valence-electron chi connectivity index (χ1n) is 8.43. The Morgan fingerprint density at radius 3 is 2.63 bits per heavy atom. The molecule has 138 valence electrons. The molecule has 0 saturated heterocycles. The molecule has 0 fully saturated rings. The molecule has 0 saturated carbocycles. The van der Waals surface area contributed by atoms with E-state index >= 15 is 0 Å². The van der Waals surface area contributed by atoms with Gasteiger partial charge in [-0.25, -0.2) is 8.42 Å². The van der Waals surface area contributed by atoms with Crippen LogP contribution in [0.3, 0.4) is 0 Å². The van der Waals surface area contributed by atoms with Crippen molar-refractivity contribution in [1.82, 2.24) is 0 Å². The Balaban J connectivity index is 1.66. The number of nitrogens with one attached hydrogen (secondary N) is 2. The summed E-state index contributed by atoms with van der Waals surface area (Å²) in [5, 5.41) is 3.63. The fraction of sp³-hybridized carbons (Fsp3) is 0.100. The molecule has 27 heavy (non-hydrogen) atoms. The van der Waals surface area contributed by atoms with Crippen molar-refractivity contribution in [3.05, 3.63) is 77.3 Å². The number of hydrogen-bond donors (Lipinski definition) is 2. The lowest BCUT2D eigenvalue weighted by atomic mass is 10.2. The highest BCUT2D eigenvalue weighted by Crippen LogP contribution is 2.34. The second kappa shape index (κ2) is 7.13. The summed E-state index contributed by atoms with van der Waals surface area (Å²) in [6.07, 6.45) is 0.804. The molecule has 0 unspecified atom stereocenters. The number of rotatable bonds is 5. The zero-order valence-electron chi connectivity index (χ0n) is 14.3. The Kier molecular flexibility index (Phi) is 4.68. The van der Waals surface area contributed by atoms with Gasteiger partial charge in [0.05, 0.1) is 10.6 Å². The van der Waals surface area contributed by atoms with Gasteiger partial charge in [-0.05, 0) is 60.5 Å². The van der Waals surface area contributed by atoms with Crippen molar-refractivity contribution in [1.29, 1.82) is 0 Å². The minimum Gasteiger partial charge on any atom is -0.455 e. The van der Waals surface area contributed by atoms with Crippen LogP contribution < -0.4 is 14.8 Å². The van der Waals surface area contributed by atoms with Crippen molar-refractivity contribution in [2.24, 2.45) is 0 Å². The molecule has 0 aliphatic carbocycles. The lowest BCUT2D eigenvalue weighted by molar-refractivity contribution is 0.485. The van der Waals surface area contributed by atoms with Crippen LogP contribution in [0.2, 0.25) is 5.02 Å². The van der Waals surface area contributed by atoms with Gasteiger partial charge in [0, 0.05) is 17.3 Å². The van der Waals surface area contributed by atoms with Gasteiger partial charge in [0.2, 0.25) is 0 Å². The predicted molar refractivity (Wildman–Crippen MR) is 107 cm³/mol. The maximum Gasteiger partial charge on any atom is 0.262 e. The van der Waals surface area contributed by atoms with E-state index in [1.54, 1.807) is 42.5 Å². The molecule has 0 amide bonds. The molecule has 1 heterocycles. The Labute approximate surface area is 163 Å². The van der Waals surface area contributed by atoms with Crippen LogP contribution in [0.1, 0.15) is 5.56 Å². The third kappa shape index (κ3) is 3.86. The number of ether oxygens (including phenoxy) is 1. The monoisotopic (exact) mass is 400 g/mol. The molecular weight excluding hydrogens is 384 g/mol. The second-order valence-corrected chi connectivity index (χ2v) is 8.28. The molecule has 5 nitrogen and oxygen atoms in total. The van der Waals surface area contributed by atoms with Gasteiger partial charge in [0.15, 0.2) is 5.75 Å². The normalized spacial score (nSPS) is 12.9. The van der Waals surface area contributed by atoms with Crippen LogP contribution in [0, 0.1) is 0 Å². The molecule has 0 atom stereocenters. The zero-order valence-corrected chi connectivity index (χ0v) is 15.8. The average Bonchev–Trinajstić information content (AvgIpc) is 3.12. The summed E-state index contributed by atoms with van der Waals surface area (Å²) in [5.41, 5.74) is 2.25. The maximum absolute atomic E-state index is 12.9. The highest BCUT2D eigenvalue weighted by Gasteiger charge is 2.20. The van der Waals surface area contributed by atoms with E-state index in [4.69, 9.17) is 16.3 Å². The fourth-order valence-corrected chi connectivity index (χ4v) is 4.22. The molecule has 3 aromatic carbocycles. The van der Waals surface area contributed by atoms with Crippen LogP contribution in [0.15, 0.2) is 71.6 Å². The summed E-state index contributed by atoms with van der Waals surface area (Å²) in [7, 11) is -3.78. The molecule has 1 aliphatic heterocycles. The van der Waals surface area contributed by atoms with Crippen molar-refractivity contribution in [2.45, 2.75) is 11.3 Å². The SMILES string of the molecule is O=S(=O)(Nc1cc(Cl)ccc1Oc1ccccc1)c1ccc2c(c1)CCN2. The molecule has 0 bridgehead atoms. The van der Waals surface area contributed by atoms with Gasteiger partial charge in [-0.3, -0.25) is 4.72 Å². The summed E-state index contributed by atoms with van der Waals surface area (Å²) in [6, 6.07) is 19.0. The summed E-state index contributed by atoms with van der Waals surface area (Å²) in [6.45, 7) is 0.815. The van der Waals surface area contributed by atoms with Crippen LogP contribution in [0.25, 0.3) is 0 Å². The Hall–Kier alpha value is -2.70. The molecule has 7 heteroatoms. The van der Waals surface area contributed by atoms with Crippen LogP contribution in [0.4, 0.5) is 11.4 Å². The molecule has 0 aromatic heterocycles. The van der Waals surface area contributed by atoms with E-state index in [-0.39, 0.29) is 10.6 Å². The van der Waals surface area contributed by atoms with E-state index in [0.717, 1.165) is 24.2 Å². The van der Waals surface area contributed by atoms with E-state index in [0.29, 0.717) is 16.5 Å². The second-order valence-electron chi connectivity index (χ2n) is 6.16. The van der Waals surface area contributed by atoms with Crippen molar-refractivity contribution in [3.8, 4) is 11.5 Å². The summed E-state index contributed by atoms with van der Waals surface area (Å²) in [5.74, 6) is 0.973. The lowest BCUT2D eigenvalue weighted by Gasteiger charge is -2.14. The number of halogens is 1. The van der Waals surface area contributed by atoms with E-state index < -0.39 is 10.0 Å². The number of anilines is 2. The summed E-state index contributed by atoms with van der Waals surface area (Å²) in [4.78, 5) is 0.204. The van der Waals surface area contributed by atoms with Gasteiger partial charge >= 0.3 is 0 Å². The van der Waals surface area contributed by atoms with Crippen LogP contribution in [-0.4, -0.2) is 15.0 Å². The number of para-hydroxylation sites is 1. The maximum atomic E-state index is 12.9. The van der Waals surface area contributed by atoms with Gasteiger partial charge in [0.1, 0.15) is 5.75 Å². The largest absolute Gasteiger partial charge is 0.455 e. The van der Waals surface area contributed by atoms with Crippen LogP contribution >= 0.6 is 11.6 Å². The third-order valence-electron chi connectivity index (χ3n) is 4.25. The van der Waals surface area contributed by atoms with Crippen LogP contribution in [0.5, 0.6) is 11.5 Å². The first-order chi connectivity index (χ1) is 13.0.